The van der Waals surface area contributed by atoms with Crippen LogP contribution < -0.4 is 4.90 Å². The minimum absolute atomic E-state index is 0.253. The van der Waals surface area contributed by atoms with E-state index in [1.165, 1.54) is 6.07 Å². The van der Waals surface area contributed by atoms with Crippen molar-refractivity contribution >= 4 is 5.69 Å². The van der Waals surface area contributed by atoms with E-state index in [-0.39, 0.29) is 5.82 Å². The maximum Gasteiger partial charge on any atom is 0.126 e. The maximum atomic E-state index is 13.5. The Morgan fingerprint density at radius 2 is 2.12 bits per heavy atom. The summed E-state index contributed by atoms with van der Waals surface area (Å²) in [4.78, 5) is 2.18. The molecule has 0 fully saturated rings. The van der Waals surface area contributed by atoms with Gasteiger partial charge in [-0.2, -0.15) is 0 Å². The van der Waals surface area contributed by atoms with Crippen molar-refractivity contribution in [3.8, 4) is 0 Å². The third-order valence-electron chi connectivity index (χ3n) is 3.16. The number of hydrogen-bond donors (Lipinski definition) is 1. The molecule has 1 unspecified atom stereocenters. The lowest BCUT2D eigenvalue weighted by Gasteiger charge is -2.29. The molecule has 0 spiro atoms. The van der Waals surface area contributed by atoms with Crippen LogP contribution in [0.5, 0.6) is 0 Å². The van der Waals surface area contributed by atoms with Crippen molar-refractivity contribution in [3.05, 3.63) is 41.2 Å². The number of hydrogen-bond acceptors (Lipinski definition) is 2. The van der Waals surface area contributed by atoms with Gasteiger partial charge in [0.15, 0.2) is 0 Å². The summed E-state index contributed by atoms with van der Waals surface area (Å²) in [5.41, 5.74) is 2.24. The van der Waals surface area contributed by atoms with Gasteiger partial charge in [0.05, 0.1) is 6.10 Å². The Bertz CT molecular complexity index is 440. The molecule has 1 N–H and O–H groups in total. The molecule has 2 rings (SSSR count). The molecule has 92 valence electrons. The second-order valence-electron chi connectivity index (χ2n) is 4.54. The van der Waals surface area contributed by atoms with Crippen molar-refractivity contribution < 1.29 is 9.50 Å². The molecule has 0 aromatic heterocycles. The molecule has 1 aromatic rings. The molecule has 2 nitrogen and oxygen atoms in total. The summed E-state index contributed by atoms with van der Waals surface area (Å²) in [5.74, 6) is -0.253. The van der Waals surface area contributed by atoms with Crippen LogP contribution in [0.25, 0.3) is 0 Å². The van der Waals surface area contributed by atoms with E-state index in [2.05, 4.69) is 17.1 Å². The average molecular weight is 235 g/mol. The van der Waals surface area contributed by atoms with Crippen molar-refractivity contribution in [3.63, 3.8) is 0 Å². The Morgan fingerprint density at radius 1 is 1.35 bits per heavy atom. The van der Waals surface area contributed by atoms with Crippen LogP contribution in [-0.2, 0) is 0 Å². The first kappa shape index (κ1) is 12.1. The van der Waals surface area contributed by atoms with Crippen molar-refractivity contribution in [1.82, 2.24) is 0 Å². The first-order valence-electron chi connectivity index (χ1n) is 5.97. The van der Waals surface area contributed by atoms with Gasteiger partial charge in [-0.25, -0.2) is 4.39 Å². The summed E-state index contributed by atoms with van der Waals surface area (Å²) in [7, 11) is 0. The highest BCUT2D eigenvalue weighted by Gasteiger charge is 2.17. The molecule has 1 aliphatic heterocycles. The highest BCUT2D eigenvalue weighted by atomic mass is 19.1. The molecule has 0 saturated heterocycles. The van der Waals surface area contributed by atoms with Crippen molar-refractivity contribution in [2.75, 3.05) is 18.0 Å². The third kappa shape index (κ3) is 2.50. The van der Waals surface area contributed by atoms with Crippen LogP contribution in [0.4, 0.5) is 10.1 Å². The maximum absolute atomic E-state index is 13.5. The van der Waals surface area contributed by atoms with E-state index in [0.717, 1.165) is 25.2 Å². The second-order valence-corrected chi connectivity index (χ2v) is 4.54. The Kier molecular flexibility index (Phi) is 3.48. The monoisotopic (exact) mass is 235 g/mol. The molecule has 0 saturated carbocycles. The number of aryl methyl sites for hydroxylation is 1. The number of rotatable bonds is 2. The topological polar surface area (TPSA) is 23.5 Å². The minimum Gasteiger partial charge on any atom is -0.389 e. The third-order valence-corrected chi connectivity index (χ3v) is 3.16. The summed E-state index contributed by atoms with van der Waals surface area (Å²) < 4.78 is 13.5. The molecule has 0 radical (unpaired) electrons. The predicted molar refractivity (Wildman–Crippen MR) is 67.7 cm³/mol. The SMILES string of the molecule is Cc1cc(N2CC=CCC2)c(C(C)O)cc1F. The van der Waals surface area contributed by atoms with E-state index < -0.39 is 6.10 Å². The van der Waals surface area contributed by atoms with E-state index in [9.17, 15) is 9.50 Å². The molecule has 1 atom stereocenters. The van der Waals surface area contributed by atoms with Gasteiger partial charge in [0.2, 0.25) is 0 Å². The lowest BCUT2D eigenvalue weighted by Crippen LogP contribution is -2.28. The summed E-state index contributed by atoms with van der Waals surface area (Å²) in [6, 6.07) is 3.28. The van der Waals surface area contributed by atoms with Gasteiger partial charge in [-0.3, -0.25) is 0 Å². The lowest BCUT2D eigenvalue weighted by molar-refractivity contribution is 0.199. The number of aliphatic hydroxyl groups excluding tert-OH is 1. The number of nitrogens with zero attached hydrogens (tertiary/aromatic N) is 1. The van der Waals surface area contributed by atoms with Crippen molar-refractivity contribution in [2.24, 2.45) is 0 Å². The van der Waals surface area contributed by atoms with Gasteiger partial charge < -0.3 is 10.0 Å². The quantitative estimate of drug-likeness (QED) is 0.797. The highest BCUT2D eigenvalue weighted by molar-refractivity contribution is 5.57. The molecule has 1 heterocycles. The first-order chi connectivity index (χ1) is 8.09. The zero-order chi connectivity index (χ0) is 12.4. The van der Waals surface area contributed by atoms with Gasteiger partial charge in [-0.05, 0) is 38.0 Å². The van der Waals surface area contributed by atoms with Crippen LogP contribution in [0.2, 0.25) is 0 Å². The molecular weight excluding hydrogens is 217 g/mol. The molecular formula is C14H18FNO. The van der Waals surface area contributed by atoms with E-state index in [1.54, 1.807) is 13.8 Å². The minimum atomic E-state index is -0.647. The molecule has 1 aliphatic rings. The van der Waals surface area contributed by atoms with Gasteiger partial charge in [0, 0.05) is 24.3 Å². The van der Waals surface area contributed by atoms with E-state index in [0.29, 0.717) is 11.1 Å². The fourth-order valence-corrected chi connectivity index (χ4v) is 2.15. The highest BCUT2D eigenvalue weighted by Crippen LogP contribution is 2.30. The summed E-state index contributed by atoms with van der Waals surface area (Å²) in [6.45, 7) is 5.17. The Morgan fingerprint density at radius 3 is 2.71 bits per heavy atom. The molecule has 17 heavy (non-hydrogen) atoms. The van der Waals surface area contributed by atoms with Crippen LogP contribution in [0.3, 0.4) is 0 Å². The van der Waals surface area contributed by atoms with Crippen LogP contribution >= 0.6 is 0 Å². The van der Waals surface area contributed by atoms with Crippen LogP contribution in [0, 0.1) is 12.7 Å². The molecule has 1 aromatic carbocycles. The average Bonchev–Trinajstić information content (AvgIpc) is 2.33. The van der Waals surface area contributed by atoms with E-state index in [4.69, 9.17) is 0 Å². The Hall–Kier alpha value is -1.35. The van der Waals surface area contributed by atoms with Gasteiger partial charge in [-0.15, -0.1) is 0 Å². The lowest BCUT2D eigenvalue weighted by atomic mass is 10.0. The largest absolute Gasteiger partial charge is 0.389 e. The van der Waals surface area contributed by atoms with Crippen LogP contribution in [0.15, 0.2) is 24.3 Å². The Balaban J connectivity index is 2.43. The van der Waals surface area contributed by atoms with Gasteiger partial charge in [-0.1, -0.05) is 12.2 Å². The molecule has 0 aliphatic carbocycles. The smallest absolute Gasteiger partial charge is 0.126 e. The standard InChI is InChI=1S/C14H18FNO/c1-10-8-14(16-6-4-3-5-7-16)12(11(2)17)9-13(10)15/h3-4,8-9,11,17H,5-7H2,1-2H3. The van der Waals surface area contributed by atoms with Crippen LogP contribution in [0.1, 0.15) is 30.6 Å². The van der Waals surface area contributed by atoms with E-state index in [1.807, 2.05) is 6.07 Å². The van der Waals surface area contributed by atoms with Gasteiger partial charge in [0.25, 0.3) is 0 Å². The molecule has 0 bridgehead atoms. The van der Waals surface area contributed by atoms with Crippen LogP contribution in [-0.4, -0.2) is 18.2 Å². The van der Waals surface area contributed by atoms with Gasteiger partial charge in [0.1, 0.15) is 5.82 Å². The number of benzene rings is 1. The summed E-state index contributed by atoms with van der Waals surface area (Å²) >= 11 is 0. The molecule has 3 heteroatoms. The zero-order valence-corrected chi connectivity index (χ0v) is 10.3. The fourth-order valence-electron chi connectivity index (χ4n) is 2.15. The number of aliphatic hydroxyl groups is 1. The fraction of sp³-hybridized carbons (Fsp3) is 0.429. The number of anilines is 1. The Labute approximate surface area is 101 Å². The summed E-state index contributed by atoms with van der Waals surface area (Å²) in [5, 5.41) is 9.74. The molecule has 0 amide bonds. The summed E-state index contributed by atoms with van der Waals surface area (Å²) in [6.07, 6.45) is 4.60. The number of halogens is 1. The zero-order valence-electron chi connectivity index (χ0n) is 10.3. The van der Waals surface area contributed by atoms with Crippen molar-refractivity contribution in [1.29, 1.82) is 0 Å². The van der Waals surface area contributed by atoms with Crippen molar-refractivity contribution in [2.45, 2.75) is 26.4 Å². The van der Waals surface area contributed by atoms with Gasteiger partial charge >= 0.3 is 0 Å². The first-order valence-corrected chi connectivity index (χ1v) is 5.97. The predicted octanol–water partition coefficient (Wildman–Crippen LogP) is 2.95. The normalized spacial score (nSPS) is 17.3. The van der Waals surface area contributed by atoms with E-state index >= 15 is 0 Å². The second kappa shape index (κ2) is 4.88.